The average molecular weight is 262 g/mol. The van der Waals surface area contributed by atoms with Crippen LogP contribution in [-0.4, -0.2) is 29.4 Å². The fourth-order valence-corrected chi connectivity index (χ4v) is 2.59. The normalized spacial score (nSPS) is 27.2. The second kappa shape index (κ2) is 6.84. The van der Waals surface area contributed by atoms with E-state index in [1.54, 1.807) is 0 Å². The molecular formula is C12H24BrN. The molecule has 0 aromatic carbocycles. The number of halogens is 1. The summed E-state index contributed by atoms with van der Waals surface area (Å²) in [4.78, 5) is 2.72. The Morgan fingerprint density at radius 3 is 2.79 bits per heavy atom. The van der Waals surface area contributed by atoms with Crippen molar-refractivity contribution in [1.29, 1.82) is 0 Å². The van der Waals surface area contributed by atoms with Gasteiger partial charge in [0.1, 0.15) is 0 Å². The van der Waals surface area contributed by atoms with Crippen LogP contribution in [0.2, 0.25) is 0 Å². The molecule has 1 aliphatic rings. The first-order chi connectivity index (χ1) is 6.77. The van der Waals surface area contributed by atoms with E-state index in [0.29, 0.717) is 0 Å². The molecule has 2 atom stereocenters. The molecule has 1 aliphatic heterocycles. The second-order valence-corrected chi connectivity index (χ2v) is 5.31. The van der Waals surface area contributed by atoms with Gasteiger partial charge in [-0.1, -0.05) is 42.6 Å². The molecule has 0 radical (unpaired) electrons. The third-order valence-electron chi connectivity index (χ3n) is 3.28. The van der Waals surface area contributed by atoms with Crippen molar-refractivity contribution in [2.45, 2.75) is 52.0 Å². The number of alkyl halides is 1. The maximum absolute atomic E-state index is 3.58. The molecule has 1 fully saturated rings. The lowest BCUT2D eigenvalue weighted by Gasteiger charge is -2.31. The van der Waals surface area contributed by atoms with Gasteiger partial charge in [-0.2, -0.15) is 0 Å². The smallest absolute Gasteiger partial charge is 0.00927 e. The average Bonchev–Trinajstić information content (AvgIpc) is 2.42. The van der Waals surface area contributed by atoms with Crippen molar-refractivity contribution in [3.8, 4) is 0 Å². The van der Waals surface area contributed by atoms with Crippen LogP contribution in [0.15, 0.2) is 0 Å². The van der Waals surface area contributed by atoms with Gasteiger partial charge in [0, 0.05) is 17.9 Å². The van der Waals surface area contributed by atoms with E-state index in [9.17, 15) is 0 Å². The molecule has 2 unspecified atom stereocenters. The lowest BCUT2D eigenvalue weighted by Crippen LogP contribution is -2.37. The number of hydrogen-bond acceptors (Lipinski definition) is 1. The summed E-state index contributed by atoms with van der Waals surface area (Å²) in [5, 5.41) is 1.14. The van der Waals surface area contributed by atoms with Gasteiger partial charge in [0.2, 0.25) is 0 Å². The Morgan fingerprint density at radius 2 is 2.14 bits per heavy atom. The van der Waals surface area contributed by atoms with E-state index in [1.807, 2.05) is 0 Å². The summed E-state index contributed by atoms with van der Waals surface area (Å²) in [5.74, 6) is 0.794. The van der Waals surface area contributed by atoms with E-state index in [1.165, 1.54) is 45.2 Å². The molecule has 0 spiro atoms. The Labute approximate surface area is 97.4 Å². The molecule has 0 aromatic rings. The zero-order valence-electron chi connectivity index (χ0n) is 9.64. The SMILES string of the molecule is CCC1CCCCCN1CC(C)CBr. The van der Waals surface area contributed by atoms with Crippen molar-refractivity contribution in [3.63, 3.8) is 0 Å². The molecule has 0 amide bonds. The highest BCUT2D eigenvalue weighted by Crippen LogP contribution is 2.20. The Hall–Kier alpha value is 0.440. The summed E-state index contributed by atoms with van der Waals surface area (Å²) in [6.07, 6.45) is 7.04. The van der Waals surface area contributed by atoms with Gasteiger partial charge < -0.3 is 4.90 Å². The molecule has 2 heteroatoms. The Kier molecular flexibility index (Phi) is 6.11. The van der Waals surface area contributed by atoms with Crippen molar-refractivity contribution >= 4 is 15.9 Å². The van der Waals surface area contributed by atoms with Crippen molar-refractivity contribution in [3.05, 3.63) is 0 Å². The second-order valence-electron chi connectivity index (χ2n) is 4.67. The summed E-state index contributed by atoms with van der Waals surface area (Å²) in [5.41, 5.74) is 0. The highest BCUT2D eigenvalue weighted by molar-refractivity contribution is 9.09. The van der Waals surface area contributed by atoms with Gasteiger partial charge in [-0.25, -0.2) is 0 Å². The van der Waals surface area contributed by atoms with Crippen LogP contribution in [0.4, 0.5) is 0 Å². The van der Waals surface area contributed by atoms with Crippen molar-refractivity contribution in [2.75, 3.05) is 18.4 Å². The van der Waals surface area contributed by atoms with Crippen molar-refractivity contribution < 1.29 is 0 Å². The minimum absolute atomic E-state index is 0.794. The zero-order chi connectivity index (χ0) is 10.4. The van der Waals surface area contributed by atoms with E-state index in [-0.39, 0.29) is 0 Å². The summed E-state index contributed by atoms with van der Waals surface area (Å²) in [7, 11) is 0. The van der Waals surface area contributed by atoms with Crippen LogP contribution in [0.1, 0.15) is 46.0 Å². The number of likely N-dealkylation sites (tertiary alicyclic amines) is 1. The molecule has 0 aromatic heterocycles. The molecule has 0 saturated carbocycles. The highest BCUT2D eigenvalue weighted by atomic mass is 79.9. The van der Waals surface area contributed by atoms with Crippen molar-refractivity contribution in [1.82, 2.24) is 4.90 Å². The monoisotopic (exact) mass is 261 g/mol. The molecule has 0 bridgehead atoms. The lowest BCUT2D eigenvalue weighted by atomic mass is 10.1. The number of hydrogen-bond donors (Lipinski definition) is 0. The topological polar surface area (TPSA) is 3.24 Å². The van der Waals surface area contributed by atoms with Gasteiger partial charge in [-0.3, -0.25) is 0 Å². The van der Waals surface area contributed by atoms with Crippen LogP contribution in [0.3, 0.4) is 0 Å². The predicted octanol–water partition coefficient (Wildman–Crippen LogP) is 3.67. The third-order valence-corrected chi connectivity index (χ3v) is 4.39. The molecular weight excluding hydrogens is 238 g/mol. The van der Waals surface area contributed by atoms with E-state index < -0.39 is 0 Å². The van der Waals surface area contributed by atoms with Crippen LogP contribution in [0.5, 0.6) is 0 Å². The highest BCUT2D eigenvalue weighted by Gasteiger charge is 2.20. The first-order valence-corrected chi connectivity index (χ1v) is 7.20. The maximum atomic E-state index is 3.58. The van der Waals surface area contributed by atoms with Crippen LogP contribution in [0, 0.1) is 5.92 Å². The molecule has 14 heavy (non-hydrogen) atoms. The van der Waals surface area contributed by atoms with E-state index in [4.69, 9.17) is 0 Å². The zero-order valence-corrected chi connectivity index (χ0v) is 11.2. The van der Waals surface area contributed by atoms with E-state index in [0.717, 1.165) is 17.3 Å². The Balaban J connectivity index is 2.43. The van der Waals surface area contributed by atoms with Gasteiger partial charge in [-0.05, 0) is 31.7 Å². The molecule has 1 heterocycles. The summed E-state index contributed by atoms with van der Waals surface area (Å²) in [6, 6.07) is 0.860. The Morgan fingerprint density at radius 1 is 1.36 bits per heavy atom. The van der Waals surface area contributed by atoms with Crippen LogP contribution in [0.25, 0.3) is 0 Å². The molecule has 0 N–H and O–H groups in total. The largest absolute Gasteiger partial charge is 0.300 e. The maximum Gasteiger partial charge on any atom is 0.00927 e. The predicted molar refractivity (Wildman–Crippen MR) is 67.1 cm³/mol. The Bertz CT molecular complexity index is 149. The third kappa shape index (κ3) is 3.90. The van der Waals surface area contributed by atoms with E-state index in [2.05, 4.69) is 34.7 Å². The summed E-state index contributed by atoms with van der Waals surface area (Å²) in [6.45, 7) is 7.29. The van der Waals surface area contributed by atoms with Crippen LogP contribution in [-0.2, 0) is 0 Å². The van der Waals surface area contributed by atoms with Crippen LogP contribution >= 0.6 is 15.9 Å². The van der Waals surface area contributed by atoms with Crippen LogP contribution < -0.4 is 0 Å². The molecule has 1 rings (SSSR count). The minimum Gasteiger partial charge on any atom is -0.300 e. The number of nitrogens with zero attached hydrogens (tertiary/aromatic N) is 1. The molecule has 1 saturated heterocycles. The molecule has 1 nitrogen and oxygen atoms in total. The number of rotatable bonds is 4. The van der Waals surface area contributed by atoms with Gasteiger partial charge in [0.15, 0.2) is 0 Å². The first kappa shape index (κ1) is 12.5. The minimum atomic E-state index is 0.794. The van der Waals surface area contributed by atoms with Gasteiger partial charge >= 0.3 is 0 Å². The first-order valence-electron chi connectivity index (χ1n) is 6.08. The summed E-state index contributed by atoms with van der Waals surface area (Å²) >= 11 is 3.58. The fraction of sp³-hybridized carbons (Fsp3) is 1.00. The van der Waals surface area contributed by atoms with Gasteiger partial charge in [0.25, 0.3) is 0 Å². The molecule has 0 aliphatic carbocycles. The standard InChI is InChI=1S/C12H24BrN/c1-3-12-7-5-4-6-8-14(12)10-11(2)9-13/h11-12H,3-10H2,1-2H3. The van der Waals surface area contributed by atoms with Gasteiger partial charge in [-0.15, -0.1) is 0 Å². The van der Waals surface area contributed by atoms with Gasteiger partial charge in [0.05, 0.1) is 0 Å². The fourth-order valence-electron chi connectivity index (χ4n) is 2.39. The van der Waals surface area contributed by atoms with Crippen molar-refractivity contribution in [2.24, 2.45) is 5.92 Å². The summed E-state index contributed by atoms with van der Waals surface area (Å²) < 4.78 is 0. The van der Waals surface area contributed by atoms with E-state index >= 15 is 0 Å². The lowest BCUT2D eigenvalue weighted by molar-refractivity contribution is 0.175. The quantitative estimate of drug-likeness (QED) is 0.699. The molecule has 84 valence electrons.